The number of aliphatic carboxylic acids is 1. The molecule has 0 unspecified atom stereocenters. The Kier molecular flexibility index (Phi) is 4.66. The topological polar surface area (TPSA) is 57.6 Å². The summed E-state index contributed by atoms with van der Waals surface area (Å²) in [6.45, 7) is 0. The Labute approximate surface area is 114 Å². The maximum absolute atomic E-state index is 11.9. The van der Waals surface area contributed by atoms with E-state index in [2.05, 4.69) is 6.07 Å². The zero-order valence-corrected chi connectivity index (χ0v) is 11.5. The Morgan fingerprint density at radius 1 is 1.50 bits per heavy atom. The molecule has 0 spiro atoms. The molecule has 98 valence electrons. The molecule has 1 fully saturated rings. The SMILES string of the molecule is O=C(O)[C@@H]1CSCN1C(=O)CCCc1cccs1. The van der Waals surface area contributed by atoms with Crippen LogP contribution in [0.1, 0.15) is 17.7 Å². The summed E-state index contributed by atoms with van der Waals surface area (Å²) in [6.07, 6.45) is 2.11. The number of hydrogen-bond acceptors (Lipinski definition) is 4. The van der Waals surface area contributed by atoms with Crippen molar-refractivity contribution in [3.63, 3.8) is 0 Å². The van der Waals surface area contributed by atoms with Crippen molar-refractivity contribution in [2.45, 2.75) is 25.3 Å². The van der Waals surface area contributed by atoms with Crippen LogP contribution in [0.5, 0.6) is 0 Å². The van der Waals surface area contributed by atoms with E-state index in [0.29, 0.717) is 18.1 Å². The molecule has 0 aliphatic carbocycles. The van der Waals surface area contributed by atoms with Crippen molar-refractivity contribution in [3.8, 4) is 0 Å². The normalized spacial score (nSPS) is 19.1. The molecule has 1 atom stereocenters. The third-order valence-corrected chi connectivity index (χ3v) is 4.83. The van der Waals surface area contributed by atoms with Crippen molar-refractivity contribution < 1.29 is 14.7 Å². The average molecular weight is 285 g/mol. The Hall–Kier alpha value is -1.01. The van der Waals surface area contributed by atoms with Crippen LogP contribution in [-0.4, -0.2) is 39.6 Å². The molecule has 4 nitrogen and oxygen atoms in total. The smallest absolute Gasteiger partial charge is 0.327 e. The van der Waals surface area contributed by atoms with E-state index >= 15 is 0 Å². The van der Waals surface area contributed by atoms with Gasteiger partial charge in [-0.25, -0.2) is 4.79 Å². The molecule has 0 saturated carbocycles. The van der Waals surface area contributed by atoms with Gasteiger partial charge in [0, 0.05) is 17.1 Å². The second kappa shape index (κ2) is 6.24. The van der Waals surface area contributed by atoms with Gasteiger partial charge in [-0.05, 0) is 24.3 Å². The van der Waals surface area contributed by atoms with Gasteiger partial charge in [0.25, 0.3) is 0 Å². The number of carbonyl (C=O) groups is 2. The van der Waals surface area contributed by atoms with E-state index in [1.807, 2.05) is 11.4 Å². The first-order chi connectivity index (χ1) is 8.68. The Morgan fingerprint density at radius 3 is 3.00 bits per heavy atom. The van der Waals surface area contributed by atoms with Gasteiger partial charge in [-0.3, -0.25) is 4.79 Å². The Balaban J connectivity index is 1.79. The highest BCUT2D eigenvalue weighted by atomic mass is 32.2. The third kappa shape index (κ3) is 3.26. The molecule has 1 aliphatic heterocycles. The van der Waals surface area contributed by atoms with Gasteiger partial charge in [-0.15, -0.1) is 23.1 Å². The second-order valence-corrected chi connectivity index (χ2v) is 6.18. The third-order valence-electron chi connectivity index (χ3n) is 2.88. The Bertz CT molecular complexity index is 419. The number of carboxylic acid groups (broad SMARTS) is 1. The largest absolute Gasteiger partial charge is 0.480 e. The zero-order valence-electron chi connectivity index (χ0n) is 9.87. The van der Waals surface area contributed by atoms with Gasteiger partial charge in [-0.2, -0.15) is 0 Å². The van der Waals surface area contributed by atoms with Crippen LogP contribution in [0.3, 0.4) is 0 Å². The number of thiophene rings is 1. The van der Waals surface area contributed by atoms with Crippen LogP contribution in [0.4, 0.5) is 0 Å². The molecule has 1 aromatic rings. The van der Waals surface area contributed by atoms with Crippen molar-refractivity contribution in [1.29, 1.82) is 0 Å². The van der Waals surface area contributed by atoms with Crippen LogP contribution >= 0.6 is 23.1 Å². The summed E-state index contributed by atoms with van der Waals surface area (Å²) in [4.78, 5) is 25.7. The molecule has 18 heavy (non-hydrogen) atoms. The average Bonchev–Trinajstić information content (AvgIpc) is 2.99. The summed E-state index contributed by atoms with van der Waals surface area (Å²) >= 11 is 3.19. The lowest BCUT2D eigenvalue weighted by Crippen LogP contribution is -2.41. The molecule has 0 bridgehead atoms. The number of aryl methyl sites for hydroxylation is 1. The van der Waals surface area contributed by atoms with Gasteiger partial charge < -0.3 is 10.0 Å². The lowest BCUT2D eigenvalue weighted by molar-refractivity contribution is -0.147. The van der Waals surface area contributed by atoms with Crippen molar-refractivity contribution in [2.75, 3.05) is 11.6 Å². The van der Waals surface area contributed by atoms with Crippen LogP contribution in [0, 0.1) is 0 Å². The molecule has 1 amide bonds. The Morgan fingerprint density at radius 2 is 2.33 bits per heavy atom. The summed E-state index contributed by atoms with van der Waals surface area (Å²) in [6, 6.07) is 3.42. The van der Waals surface area contributed by atoms with E-state index in [9.17, 15) is 9.59 Å². The summed E-state index contributed by atoms with van der Waals surface area (Å²) < 4.78 is 0. The molecule has 1 saturated heterocycles. The number of amides is 1. The van der Waals surface area contributed by atoms with Gasteiger partial charge in [-0.1, -0.05) is 6.07 Å². The van der Waals surface area contributed by atoms with Crippen LogP contribution in [0.2, 0.25) is 0 Å². The van der Waals surface area contributed by atoms with Crippen LogP contribution in [-0.2, 0) is 16.0 Å². The zero-order chi connectivity index (χ0) is 13.0. The first kappa shape index (κ1) is 13.4. The minimum absolute atomic E-state index is 0.0380. The summed E-state index contributed by atoms with van der Waals surface area (Å²) in [7, 11) is 0. The highest BCUT2D eigenvalue weighted by Crippen LogP contribution is 2.22. The molecule has 1 aliphatic rings. The predicted molar refractivity (Wildman–Crippen MR) is 72.9 cm³/mol. The molecular formula is C12H15NO3S2. The van der Waals surface area contributed by atoms with Crippen molar-refractivity contribution >= 4 is 35.0 Å². The van der Waals surface area contributed by atoms with Gasteiger partial charge in [0.05, 0.1) is 5.88 Å². The van der Waals surface area contributed by atoms with Crippen LogP contribution < -0.4 is 0 Å². The van der Waals surface area contributed by atoms with Gasteiger partial charge >= 0.3 is 5.97 Å². The molecule has 0 radical (unpaired) electrons. The van der Waals surface area contributed by atoms with E-state index in [4.69, 9.17) is 5.11 Å². The molecule has 1 aromatic heterocycles. The van der Waals surface area contributed by atoms with E-state index in [-0.39, 0.29) is 5.91 Å². The van der Waals surface area contributed by atoms with Crippen LogP contribution in [0.25, 0.3) is 0 Å². The monoisotopic (exact) mass is 285 g/mol. The fourth-order valence-corrected chi connectivity index (χ4v) is 3.83. The maximum Gasteiger partial charge on any atom is 0.327 e. The summed E-state index contributed by atoms with van der Waals surface area (Å²) in [5.41, 5.74) is 0. The molecule has 0 aromatic carbocycles. The lowest BCUT2D eigenvalue weighted by atomic mass is 10.2. The molecule has 2 heterocycles. The first-order valence-corrected chi connectivity index (χ1v) is 7.84. The summed E-state index contributed by atoms with van der Waals surface area (Å²) in [5, 5.41) is 11.0. The summed E-state index contributed by atoms with van der Waals surface area (Å²) in [5.74, 6) is 0.0800. The highest BCUT2D eigenvalue weighted by molar-refractivity contribution is 7.99. The minimum Gasteiger partial charge on any atom is -0.480 e. The number of nitrogens with zero attached hydrogens (tertiary/aromatic N) is 1. The van der Waals surface area contributed by atoms with Gasteiger partial charge in [0.15, 0.2) is 0 Å². The number of thioether (sulfide) groups is 1. The van der Waals surface area contributed by atoms with Crippen molar-refractivity contribution in [1.82, 2.24) is 4.90 Å². The van der Waals surface area contributed by atoms with E-state index < -0.39 is 12.0 Å². The lowest BCUT2D eigenvalue weighted by Gasteiger charge is -2.20. The van der Waals surface area contributed by atoms with Crippen LogP contribution in [0.15, 0.2) is 17.5 Å². The predicted octanol–water partition coefficient (Wildman–Crippen LogP) is 2.06. The quantitative estimate of drug-likeness (QED) is 0.899. The first-order valence-electron chi connectivity index (χ1n) is 5.81. The highest BCUT2D eigenvalue weighted by Gasteiger charge is 2.33. The minimum atomic E-state index is -0.897. The molecular weight excluding hydrogens is 270 g/mol. The molecule has 6 heteroatoms. The van der Waals surface area contributed by atoms with Gasteiger partial charge in [0.2, 0.25) is 5.91 Å². The second-order valence-electron chi connectivity index (χ2n) is 4.15. The van der Waals surface area contributed by atoms with Crippen molar-refractivity contribution in [2.24, 2.45) is 0 Å². The van der Waals surface area contributed by atoms with E-state index in [0.717, 1.165) is 12.8 Å². The number of carboxylic acids is 1. The van der Waals surface area contributed by atoms with Crippen molar-refractivity contribution in [3.05, 3.63) is 22.4 Å². The maximum atomic E-state index is 11.9. The fraction of sp³-hybridized carbons (Fsp3) is 0.500. The van der Waals surface area contributed by atoms with E-state index in [1.54, 1.807) is 11.3 Å². The number of hydrogen-bond donors (Lipinski definition) is 1. The number of carbonyl (C=O) groups excluding carboxylic acids is 1. The van der Waals surface area contributed by atoms with E-state index in [1.165, 1.54) is 21.5 Å². The fourth-order valence-electron chi connectivity index (χ4n) is 1.91. The number of rotatable bonds is 5. The van der Waals surface area contributed by atoms with Gasteiger partial charge in [0.1, 0.15) is 6.04 Å². The molecule has 1 N–H and O–H groups in total. The standard InChI is InChI=1S/C12H15NO3S2/c14-11(5-1-3-9-4-2-6-18-9)13-8-17-7-10(13)12(15)16/h2,4,6,10H,1,3,5,7-8H2,(H,15,16)/t10-/m0/s1. The molecule has 2 rings (SSSR count).